The zero-order valence-electron chi connectivity index (χ0n) is 30.5. The van der Waals surface area contributed by atoms with Gasteiger partial charge >= 0.3 is 0 Å². The number of para-hydroxylation sites is 1. The first-order chi connectivity index (χ1) is 25.0. The van der Waals surface area contributed by atoms with Crippen LogP contribution in [0.2, 0.25) is 0 Å². The molecule has 3 aliphatic carbocycles. The van der Waals surface area contributed by atoms with Crippen molar-refractivity contribution in [3.8, 4) is 55.1 Å². The zero-order valence-corrected chi connectivity index (χ0v) is 31.3. The van der Waals surface area contributed by atoms with Crippen LogP contribution in [0.3, 0.4) is 0 Å². The van der Waals surface area contributed by atoms with E-state index in [-0.39, 0.29) is 16.2 Å². The van der Waals surface area contributed by atoms with E-state index in [0.29, 0.717) is 0 Å². The van der Waals surface area contributed by atoms with Crippen molar-refractivity contribution in [2.75, 3.05) is 0 Å². The van der Waals surface area contributed by atoms with E-state index in [1.54, 1.807) is 11.3 Å². The van der Waals surface area contributed by atoms with Crippen molar-refractivity contribution < 1.29 is 0 Å². The van der Waals surface area contributed by atoms with Crippen LogP contribution in [0.1, 0.15) is 74.9 Å². The van der Waals surface area contributed by atoms with Crippen molar-refractivity contribution >= 4 is 32.3 Å². The average Bonchev–Trinajstić information content (AvgIpc) is 3.82. The Labute approximate surface area is 309 Å². The third-order valence-electron chi connectivity index (χ3n) is 12.9. The van der Waals surface area contributed by atoms with E-state index in [1.165, 1.54) is 98.9 Å². The lowest BCUT2D eigenvalue weighted by molar-refractivity contribution is 0.649. The molecule has 250 valence electrons. The first-order valence-electron chi connectivity index (χ1n) is 18.5. The minimum absolute atomic E-state index is 0.108. The van der Waals surface area contributed by atoms with Crippen molar-refractivity contribution in [3.05, 3.63) is 161 Å². The van der Waals surface area contributed by atoms with E-state index in [1.807, 2.05) is 0 Å². The largest absolute Gasteiger partial charge is 0.236 e. The van der Waals surface area contributed by atoms with Crippen LogP contribution in [0.25, 0.3) is 76.1 Å². The number of nitrogens with zero attached hydrogens (tertiary/aromatic N) is 1. The highest BCUT2D eigenvalue weighted by molar-refractivity contribution is 7.21. The van der Waals surface area contributed by atoms with Gasteiger partial charge in [-0.05, 0) is 143 Å². The number of hydrogen-bond acceptors (Lipinski definition) is 2. The van der Waals surface area contributed by atoms with Gasteiger partial charge in [-0.1, -0.05) is 114 Å². The van der Waals surface area contributed by atoms with Gasteiger partial charge in [0.05, 0.1) is 10.2 Å². The molecule has 7 aromatic carbocycles. The normalized spacial score (nSPS) is 16.3. The van der Waals surface area contributed by atoms with Gasteiger partial charge in [0.15, 0.2) is 0 Å². The van der Waals surface area contributed by atoms with Crippen LogP contribution in [0, 0.1) is 0 Å². The summed E-state index contributed by atoms with van der Waals surface area (Å²) in [5.74, 6) is 0. The molecule has 0 bridgehead atoms. The highest BCUT2D eigenvalue weighted by atomic mass is 32.1. The predicted octanol–water partition coefficient (Wildman–Crippen LogP) is 13.7. The number of benzene rings is 7. The number of fused-ring (bicyclic) bond motifs is 11. The molecule has 8 aromatic rings. The molecule has 0 atom stereocenters. The summed E-state index contributed by atoms with van der Waals surface area (Å²) in [7, 11) is 0. The maximum Gasteiger partial charge on any atom is 0.124 e. The summed E-state index contributed by atoms with van der Waals surface area (Å²) in [6.45, 7) is 14.5. The van der Waals surface area contributed by atoms with Gasteiger partial charge in [-0.25, -0.2) is 4.98 Å². The zero-order chi connectivity index (χ0) is 35.3. The summed E-state index contributed by atoms with van der Waals surface area (Å²) in [5, 5.41) is 3.66. The molecule has 0 fully saturated rings. The number of hydrogen-bond donors (Lipinski definition) is 0. The molecular weight excluding hydrogens is 647 g/mol. The predicted molar refractivity (Wildman–Crippen MR) is 221 cm³/mol. The summed E-state index contributed by atoms with van der Waals surface area (Å²) in [5.41, 5.74) is 21.4. The molecule has 1 aromatic heterocycles. The van der Waals surface area contributed by atoms with Gasteiger partial charge in [0.1, 0.15) is 5.01 Å². The van der Waals surface area contributed by atoms with E-state index in [0.717, 1.165) is 10.5 Å². The molecule has 0 unspecified atom stereocenters. The van der Waals surface area contributed by atoms with Gasteiger partial charge in [-0.2, -0.15) is 0 Å². The van der Waals surface area contributed by atoms with E-state index >= 15 is 0 Å². The smallest absolute Gasteiger partial charge is 0.124 e. The van der Waals surface area contributed by atoms with Crippen LogP contribution in [0.15, 0.2) is 127 Å². The average molecular weight is 686 g/mol. The molecule has 0 radical (unpaired) electrons. The van der Waals surface area contributed by atoms with Crippen LogP contribution < -0.4 is 0 Å². The third-order valence-corrected chi connectivity index (χ3v) is 14.0. The van der Waals surface area contributed by atoms with Gasteiger partial charge < -0.3 is 0 Å². The SMILES string of the molecule is CC1(C)c2cc(-c3ccc4ccccc4c3)ccc2-c2cc3c(cc21)-c1cc2c(cc1C3(C)C)-c1ccc(-c3nc4ccccc4s3)cc1C2(C)C. The summed E-state index contributed by atoms with van der Waals surface area (Å²) < 4.78 is 1.24. The Morgan fingerprint density at radius 1 is 0.385 bits per heavy atom. The molecule has 52 heavy (non-hydrogen) atoms. The monoisotopic (exact) mass is 685 g/mol. The molecule has 0 spiro atoms. The molecule has 1 heterocycles. The fourth-order valence-corrected chi connectivity index (χ4v) is 10.8. The molecule has 0 saturated heterocycles. The first kappa shape index (κ1) is 30.3. The Kier molecular flexibility index (Phi) is 5.81. The van der Waals surface area contributed by atoms with Gasteiger partial charge in [0.25, 0.3) is 0 Å². The van der Waals surface area contributed by atoms with Crippen LogP contribution in [-0.4, -0.2) is 4.98 Å². The Morgan fingerprint density at radius 2 is 0.827 bits per heavy atom. The van der Waals surface area contributed by atoms with Crippen LogP contribution in [0.4, 0.5) is 0 Å². The second-order valence-corrected chi connectivity index (χ2v) is 17.9. The van der Waals surface area contributed by atoms with Crippen molar-refractivity contribution in [1.82, 2.24) is 4.98 Å². The highest BCUT2D eigenvalue weighted by Crippen LogP contribution is 2.59. The van der Waals surface area contributed by atoms with Crippen LogP contribution in [0.5, 0.6) is 0 Å². The lowest BCUT2D eigenvalue weighted by Crippen LogP contribution is -2.17. The Balaban J connectivity index is 1.02. The highest BCUT2D eigenvalue weighted by Gasteiger charge is 2.44. The minimum atomic E-state index is -0.120. The summed E-state index contributed by atoms with van der Waals surface area (Å²) in [4.78, 5) is 5.00. The standard InChI is InChI=1S/C50H39NS/c1-48(2)39-22-31(30-16-15-28-11-7-8-12-29(28)21-30)17-19-33(39)35-24-43-37(26-41(35)48)38-27-42-36(25-44(38)50(43,5)6)34-20-18-32(23-40(34)49(42,3)4)47-51-45-13-9-10-14-46(45)52-47/h7-27H,1-6H3. The molecule has 0 amide bonds. The van der Waals surface area contributed by atoms with Gasteiger partial charge in [-0.3, -0.25) is 0 Å². The van der Waals surface area contributed by atoms with Gasteiger partial charge in [-0.15, -0.1) is 11.3 Å². The second-order valence-electron chi connectivity index (χ2n) is 16.8. The van der Waals surface area contributed by atoms with E-state index in [9.17, 15) is 0 Å². The maximum atomic E-state index is 5.00. The number of aromatic nitrogens is 1. The Bertz CT molecular complexity index is 2850. The summed E-state index contributed by atoms with van der Waals surface area (Å²) in [6.07, 6.45) is 0. The van der Waals surface area contributed by atoms with Crippen molar-refractivity contribution in [3.63, 3.8) is 0 Å². The van der Waals surface area contributed by atoms with Crippen molar-refractivity contribution in [1.29, 1.82) is 0 Å². The molecule has 0 N–H and O–H groups in total. The van der Waals surface area contributed by atoms with Crippen molar-refractivity contribution in [2.24, 2.45) is 0 Å². The molecule has 0 aliphatic heterocycles. The molecular formula is C50H39NS. The van der Waals surface area contributed by atoms with E-state index in [2.05, 4.69) is 169 Å². The minimum Gasteiger partial charge on any atom is -0.236 e. The lowest BCUT2D eigenvalue weighted by atomic mass is 9.78. The fraction of sp³-hybridized carbons (Fsp3) is 0.180. The molecule has 11 rings (SSSR count). The number of rotatable bonds is 2. The van der Waals surface area contributed by atoms with E-state index in [4.69, 9.17) is 4.98 Å². The lowest BCUT2D eigenvalue weighted by Gasteiger charge is -2.25. The Hall–Kier alpha value is -5.31. The summed E-state index contributed by atoms with van der Waals surface area (Å²) >= 11 is 1.78. The molecule has 1 nitrogen and oxygen atoms in total. The van der Waals surface area contributed by atoms with Crippen LogP contribution in [-0.2, 0) is 16.2 Å². The molecule has 0 saturated carbocycles. The molecule has 2 heteroatoms. The molecule has 3 aliphatic rings. The number of thiazole rings is 1. The van der Waals surface area contributed by atoms with Crippen LogP contribution >= 0.6 is 11.3 Å². The second kappa shape index (κ2) is 9.97. The quantitative estimate of drug-likeness (QED) is 0.176. The first-order valence-corrected chi connectivity index (χ1v) is 19.4. The van der Waals surface area contributed by atoms with Crippen molar-refractivity contribution in [2.45, 2.75) is 57.8 Å². The van der Waals surface area contributed by atoms with Gasteiger partial charge in [0.2, 0.25) is 0 Å². The fourth-order valence-electron chi connectivity index (χ4n) is 9.86. The van der Waals surface area contributed by atoms with E-state index < -0.39 is 0 Å². The Morgan fingerprint density at radius 3 is 1.42 bits per heavy atom. The maximum absolute atomic E-state index is 5.00. The topological polar surface area (TPSA) is 12.9 Å². The third kappa shape index (κ3) is 3.91. The van der Waals surface area contributed by atoms with Gasteiger partial charge in [0, 0.05) is 21.8 Å². The summed E-state index contributed by atoms with van der Waals surface area (Å²) in [6, 6.07) is 48.4.